The Kier molecular flexibility index (Phi) is 3.66. The van der Waals surface area contributed by atoms with Crippen LogP contribution in [0.3, 0.4) is 0 Å². The lowest BCUT2D eigenvalue weighted by atomic mass is 10.1. The maximum absolute atomic E-state index is 11.1. The first-order valence-electron chi connectivity index (χ1n) is 5.21. The number of carboxylic acids is 1. The largest absolute Gasteiger partial charge is 0.478 e. The molecule has 0 spiro atoms. The highest BCUT2D eigenvalue weighted by Gasteiger charge is 2.13. The molecule has 2 aromatic rings. The number of carbonyl (C=O) groups is 1. The molecule has 0 bridgehead atoms. The van der Waals surface area contributed by atoms with Gasteiger partial charge in [-0.1, -0.05) is 22.0 Å². The van der Waals surface area contributed by atoms with Gasteiger partial charge in [0.1, 0.15) is 6.61 Å². The van der Waals surface area contributed by atoms with Crippen LogP contribution in [0.25, 0.3) is 0 Å². The molecule has 0 aliphatic heterocycles. The molecule has 1 N–H and O–H groups in total. The normalized spacial score (nSPS) is 10.3. The van der Waals surface area contributed by atoms with Gasteiger partial charge in [0, 0.05) is 29.3 Å². The van der Waals surface area contributed by atoms with Crippen molar-refractivity contribution in [3.05, 3.63) is 46.1 Å². The molecular weight excluding hydrogens is 300 g/mol. The smallest absolute Gasteiger partial charge is 0.336 e. The Morgan fingerprint density at radius 3 is 2.89 bits per heavy atom. The van der Waals surface area contributed by atoms with Gasteiger partial charge in [0.05, 0.1) is 5.56 Å². The second kappa shape index (κ2) is 5.22. The molecule has 0 radical (unpaired) electrons. The fraction of sp³-hybridized carbons (Fsp3) is 0.167. The van der Waals surface area contributed by atoms with Crippen LogP contribution in [0.1, 0.15) is 15.9 Å². The minimum atomic E-state index is -0.976. The summed E-state index contributed by atoms with van der Waals surface area (Å²) in [7, 11) is 1.79. The highest BCUT2D eigenvalue weighted by Crippen LogP contribution is 2.22. The number of hydrogen-bond donors (Lipinski definition) is 1. The van der Waals surface area contributed by atoms with E-state index in [1.165, 1.54) is 0 Å². The van der Waals surface area contributed by atoms with E-state index in [2.05, 4.69) is 21.0 Å². The Hall–Kier alpha value is -1.82. The molecule has 18 heavy (non-hydrogen) atoms. The summed E-state index contributed by atoms with van der Waals surface area (Å²) in [5, 5.41) is 13.2. The van der Waals surface area contributed by atoms with Gasteiger partial charge < -0.3 is 9.84 Å². The summed E-state index contributed by atoms with van der Waals surface area (Å²) in [6.45, 7) is 0.153. The number of halogens is 1. The van der Waals surface area contributed by atoms with E-state index in [4.69, 9.17) is 9.84 Å². The molecule has 0 atom stereocenters. The number of aryl methyl sites for hydroxylation is 1. The fourth-order valence-corrected chi connectivity index (χ4v) is 2.00. The molecule has 94 valence electrons. The summed E-state index contributed by atoms with van der Waals surface area (Å²) in [4.78, 5) is 11.1. The zero-order valence-electron chi connectivity index (χ0n) is 9.63. The van der Waals surface area contributed by atoms with E-state index < -0.39 is 5.97 Å². The zero-order chi connectivity index (χ0) is 13.1. The van der Waals surface area contributed by atoms with Crippen LogP contribution in [0.4, 0.5) is 0 Å². The van der Waals surface area contributed by atoms with Crippen molar-refractivity contribution in [2.45, 2.75) is 6.61 Å². The quantitative estimate of drug-likeness (QED) is 0.942. The number of ether oxygens (including phenoxy) is 1. The van der Waals surface area contributed by atoms with Crippen LogP contribution in [0.2, 0.25) is 0 Å². The SMILES string of the molecule is Cn1ccc(OCc2c(Br)cccc2C(=O)O)n1. The predicted molar refractivity (Wildman–Crippen MR) is 68.6 cm³/mol. The monoisotopic (exact) mass is 310 g/mol. The van der Waals surface area contributed by atoms with Crippen LogP contribution in [0.15, 0.2) is 34.9 Å². The van der Waals surface area contributed by atoms with Gasteiger partial charge in [0.2, 0.25) is 5.88 Å². The average molecular weight is 311 g/mol. The third-order valence-corrected chi connectivity index (χ3v) is 3.15. The number of rotatable bonds is 4. The summed E-state index contributed by atoms with van der Waals surface area (Å²) in [6.07, 6.45) is 1.76. The molecule has 5 nitrogen and oxygen atoms in total. The van der Waals surface area contributed by atoms with Gasteiger partial charge in [-0.15, -0.1) is 5.10 Å². The molecule has 0 aliphatic carbocycles. The van der Waals surface area contributed by atoms with E-state index in [0.29, 0.717) is 15.9 Å². The van der Waals surface area contributed by atoms with Gasteiger partial charge in [0.15, 0.2) is 0 Å². The Bertz CT molecular complexity index is 580. The average Bonchev–Trinajstić information content (AvgIpc) is 2.73. The molecule has 0 saturated carbocycles. The first-order chi connectivity index (χ1) is 8.58. The van der Waals surface area contributed by atoms with Crippen LogP contribution in [0, 0.1) is 0 Å². The molecule has 6 heteroatoms. The second-order valence-corrected chi connectivity index (χ2v) is 4.54. The Labute approximate surface area is 112 Å². The predicted octanol–water partition coefficient (Wildman–Crippen LogP) is 2.46. The van der Waals surface area contributed by atoms with Gasteiger partial charge in [-0.25, -0.2) is 4.79 Å². The second-order valence-electron chi connectivity index (χ2n) is 3.69. The Balaban J connectivity index is 2.20. The number of nitrogens with zero attached hydrogens (tertiary/aromatic N) is 2. The zero-order valence-corrected chi connectivity index (χ0v) is 11.2. The van der Waals surface area contributed by atoms with Crippen molar-refractivity contribution in [2.75, 3.05) is 0 Å². The van der Waals surface area contributed by atoms with Gasteiger partial charge in [-0.05, 0) is 12.1 Å². The van der Waals surface area contributed by atoms with Crippen LogP contribution in [-0.4, -0.2) is 20.9 Å². The van der Waals surface area contributed by atoms with Crippen LogP contribution < -0.4 is 4.74 Å². The van der Waals surface area contributed by atoms with E-state index in [-0.39, 0.29) is 12.2 Å². The van der Waals surface area contributed by atoms with E-state index in [0.717, 1.165) is 0 Å². The molecular formula is C12H11BrN2O3. The first-order valence-corrected chi connectivity index (χ1v) is 6.00. The molecule has 2 rings (SSSR count). The lowest BCUT2D eigenvalue weighted by molar-refractivity contribution is 0.0693. The van der Waals surface area contributed by atoms with Gasteiger partial charge >= 0.3 is 5.97 Å². The van der Waals surface area contributed by atoms with E-state index in [1.807, 2.05) is 0 Å². The minimum absolute atomic E-state index is 0.153. The molecule has 0 aliphatic rings. The molecule has 1 aromatic heterocycles. The number of carboxylic acid groups (broad SMARTS) is 1. The molecule has 1 heterocycles. The summed E-state index contributed by atoms with van der Waals surface area (Å²) < 4.78 is 7.78. The number of aromatic carboxylic acids is 1. The van der Waals surface area contributed by atoms with Crippen molar-refractivity contribution in [3.8, 4) is 5.88 Å². The van der Waals surface area contributed by atoms with Crippen LogP contribution in [-0.2, 0) is 13.7 Å². The minimum Gasteiger partial charge on any atom is -0.478 e. The summed E-state index contributed by atoms with van der Waals surface area (Å²) in [6, 6.07) is 6.73. The molecule has 0 unspecified atom stereocenters. The highest BCUT2D eigenvalue weighted by atomic mass is 79.9. The summed E-state index contributed by atoms with van der Waals surface area (Å²) >= 11 is 3.33. The molecule has 1 aromatic carbocycles. The number of hydrogen-bond acceptors (Lipinski definition) is 3. The number of benzene rings is 1. The fourth-order valence-electron chi connectivity index (χ4n) is 1.52. The van der Waals surface area contributed by atoms with Crippen LogP contribution >= 0.6 is 15.9 Å². The van der Waals surface area contributed by atoms with Crippen LogP contribution in [0.5, 0.6) is 5.88 Å². The van der Waals surface area contributed by atoms with E-state index in [1.54, 1.807) is 42.2 Å². The van der Waals surface area contributed by atoms with Crippen molar-refractivity contribution in [1.29, 1.82) is 0 Å². The standard InChI is InChI=1S/C12H11BrN2O3/c1-15-6-5-11(14-15)18-7-9-8(12(16)17)3-2-4-10(9)13/h2-6H,7H2,1H3,(H,16,17). The summed E-state index contributed by atoms with van der Waals surface area (Å²) in [5.41, 5.74) is 0.816. The number of aromatic nitrogens is 2. The maximum Gasteiger partial charge on any atom is 0.336 e. The van der Waals surface area contributed by atoms with Gasteiger partial charge in [0.25, 0.3) is 0 Å². The van der Waals surface area contributed by atoms with Crippen molar-refractivity contribution < 1.29 is 14.6 Å². The highest BCUT2D eigenvalue weighted by molar-refractivity contribution is 9.10. The Morgan fingerprint density at radius 1 is 1.50 bits per heavy atom. The van der Waals surface area contributed by atoms with E-state index >= 15 is 0 Å². The van der Waals surface area contributed by atoms with Crippen molar-refractivity contribution in [3.63, 3.8) is 0 Å². The van der Waals surface area contributed by atoms with Crippen molar-refractivity contribution in [1.82, 2.24) is 9.78 Å². The first kappa shape index (κ1) is 12.6. The maximum atomic E-state index is 11.1. The molecule has 0 saturated heterocycles. The van der Waals surface area contributed by atoms with Gasteiger partial charge in [-0.3, -0.25) is 4.68 Å². The van der Waals surface area contributed by atoms with E-state index in [9.17, 15) is 4.79 Å². The third-order valence-electron chi connectivity index (χ3n) is 2.40. The lowest BCUT2D eigenvalue weighted by Crippen LogP contribution is -2.06. The van der Waals surface area contributed by atoms with Crippen molar-refractivity contribution >= 4 is 21.9 Å². The van der Waals surface area contributed by atoms with Gasteiger partial charge in [-0.2, -0.15) is 0 Å². The topological polar surface area (TPSA) is 64.3 Å². The lowest BCUT2D eigenvalue weighted by Gasteiger charge is -2.08. The molecule has 0 amide bonds. The van der Waals surface area contributed by atoms with Crippen molar-refractivity contribution in [2.24, 2.45) is 7.05 Å². The Morgan fingerprint density at radius 2 is 2.28 bits per heavy atom. The summed E-state index contributed by atoms with van der Waals surface area (Å²) in [5.74, 6) is -0.513. The third kappa shape index (κ3) is 2.70. The molecule has 0 fully saturated rings.